The molecule has 0 N–H and O–H groups in total. The van der Waals surface area contributed by atoms with Crippen molar-refractivity contribution in [1.82, 2.24) is 0 Å². The first-order valence-corrected chi connectivity index (χ1v) is 8.77. The first-order valence-electron chi connectivity index (χ1n) is 8.77. The minimum atomic E-state index is 0.446. The molecular formula is C22H18. The normalized spacial score (nSPS) is 46.9. The first kappa shape index (κ1) is 10.8. The van der Waals surface area contributed by atoms with Crippen LogP contribution in [0.3, 0.4) is 0 Å². The van der Waals surface area contributed by atoms with E-state index in [0.717, 1.165) is 23.7 Å². The molecule has 106 valence electrons. The zero-order valence-corrected chi connectivity index (χ0v) is 12.5. The fraction of sp³-hybridized carbons (Fsp3) is 0.364. The van der Waals surface area contributed by atoms with Crippen molar-refractivity contribution in [1.29, 1.82) is 0 Å². The fourth-order valence-corrected chi connectivity index (χ4v) is 7.94. The average Bonchev–Trinajstić information content (AvgIpc) is 3.27. The summed E-state index contributed by atoms with van der Waals surface area (Å²) in [5, 5.41) is 0. The summed E-state index contributed by atoms with van der Waals surface area (Å²) in [6.07, 6.45) is 7.93. The number of hydrogen-bond acceptors (Lipinski definition) is 0. The van der Waals surface area contributed by atoms with Gasteiger partial charge < -0.3 is 0 Å². The van der Waals surface area contributed by atoms with Crippen LogP contribution in [-0.2, 0) is 10.8 Å². The third-order valence-electron chi connectivity index (χ3n) is 8.07. The maximum atomic E-state index is 2.57. The maximum absolute atomic E-state index is 2.57. The Morgan fingerprint density at radius 3 is 1.68 bits per heavy atom. The van der Waals surface area contributed by atoms with Gasteiger partial charge in [-0.05, 0) is 58.8 Å². The molecule has 7 rings (SSSR count). The van der Waals surface area contributed by atoms with Crippen molar-refractivity contribution in [3.63, 3.8) is 0 Å². The number of hydrogen-bond donors (Lipinski definition) is 0. The standard InChI is InChI=1S/C22H18/c1-2-6-16-15(5-1)19-12-20(16)22-14-10-9-13(11-14)21(19,22)17-7-3-4-8-18(17)22/h1-10,13-14,19-20H,11-12H2/t13-,14-,19-,20+,21-,22+/m0/s1. The van der Waals surface area contributed by atoms with E-state index < -0.39 is 0 Å². The molecule has 2 saturated carbocycles. The topological polar surface area (TPSA) is 0 Å². The van der Waals surface area contributed by atoms with Gasteiger partial charge in [0.15, 0.2) is 0 Å². The summed E-state index contributed by atoms with van der Waals surface area (Å²) in [7, 11) is 0. The monoisotopic (exact) mass is 282 g/mol. The molecule has 4 bridgehead atoms. The Labute approximate surface area is 130 Å². The van der Waals surface area contributed by atoms with Crippen LogP contribution in [0, 0.1) is 11.8 Å². The third kappa shape index (κ3) is 0.722. The maximum Gasteiger partial charge on any atom is 0.0196 e. The number of allylic oxidation sites excluding steroid dienone is 2. The van der Waals surface area contributed by atoms with Crippen LogP contribution in [0.4, 0.5) is 0 Å². The lowest BCUT2D eigenvalue weighted by Gasteiger charge is -2.64. The second-order valence-electron chi connectivity index (χ2n) is 8.09. The van der Waals surface area contributed by atoms with Crippen molar-refractivity contribution in [3.8, 4) is 0 Å². The number of benzene rings is 2. The lowest BCUT2D eigenvalue weighted by Crippen LogP contribution is -2.62. The van der Waals surface area contributed by atoms with Crippen LogP contribution in [0.2, 0.25) is 0 Å². The van der Waals surface area contributed by atoms with Crippen LogP contribution in [-0.4, -0.2) is 0 Å². The van der Waals surface area contributed by atoms with Gasteiger partial charge in [0.2, 0.25) is 0 Å². The Kier molecular flexibility index (Phi) is 1.46. The van der Waals surface area contributed by atoms with Crippen molar-refractivity contribution >= 4 is 0 Å². The molecule has 5 aliphatic carbocycles. The fourth-order valence-electron chi connectivity index (χ4n) is 7.94. The molecule has 0 unspecified atom stereocenters. The molecule has 2 fully saturated rings. The third-order valence-corrected chi connectivity index (χ3v) is 8.07. The van der Waals surface area contributed by atoms with E-state index in [0.29, 0.717) is 10.8 Å². The van der Waals surface area contributed by atoms with Gasteiger partial charge in [0.25, 0.3) is 0 Å². The van der Waals surface area contributed by atoms with Gasteiger partial charge in [-0.2, -0.15) is 0 Å². The smallest absolute Gasteiger partial charge is 0.0196 e. The molecule has 0 heterocycles. The van der Waals surface area contributed by atoms with Crippen molar-refractivity contribution in [2.45, 2.75) is 35.5 Å². The molecular weight excluding hydrogens is 264 g/mol. The van der Waals surface area contributed by atoms with Gasteiger partial charge >= 0.3 is 0 Å². The summed E-state index contributed by atoms with van der Waals surface area (Å²) in [6.45, 7) is 0. The highest BCUT2D eigenvalue weighted by Crippen LogP contribution is 2.87. The molecule has 2 aromatic carbocycles. The van der Waals surface area contributed by atoms with Gasteiger partial charge in [0.1, 0.15) is 0 Å². The lowest BCUT2D eigenvalue weighted by atomic mass is 9.38. The van der Waals surface area contributed by atoms with Gasteiger partial charge in [0.05, 0.1) is 0 Å². The Morgan fingerprint density at radius 2 is 1.14 bits per heavy atom. The Morgan fingerprint density at radius 1 is 0.636 bits per heavy atom. The van der Waals surface area contributed by atoms with Gasteiger partial charge in [0, 0.05) is 10.8 Å². The molecule has 0 radical (unpaired) electrons. The molecule has 0 nitrogen and oxygen atoms in total. The molecule has 0 spiro atoms. The van der Waals surface area contributed by atoms with Crippen LogP contribution < -0.4 is 0 Å². The molecule has 0 aromatic heterocycles. The van der Waals surface area contributed by atoms with E-state index in [2.05, 4.69) is 60.7 Å². The minimum Gasteiger partial charge on any atom is -0.0841 e. The highest BCUT2D eigenvalue weighted by atomic mass is 14.8. The second-order valence-corrected chi connectivity index (χ2v) is 8.09. The van der Waals surface area contributed by atoms with E-state index in [9.17, 15) is 0 Å². The molecule has 0 amide bonds. The summed E-state index contributed by atoms with van der Waals surface area (Å²) < 4.78 is 0. The summed E-state index contributed by atoms with van der Waals surface area (Å²) >= 11 is 0. The van der Waals surface area contributed by atoms with Gasteiger partial charge in [-0.1, -0.05) is 60.7 Å². The molecule has 0 saturated heterocycles. The Bertz CT molecular complexity index is 820. The van der Waals surface area contributed by atoms with E-state index in [-0.39, 0.29) is 0 Å². The lowest BCUT2D eigenvalue weighted by molar-refractivity contribution is 0.135. The van der Waals surface area contributed by atoms with E-state index in [1.165, 1.54) is 12.8 Å². The zero-order chi connectivity index (χ0) is 14.1. The number of fused-ring (bicyclic) bond motifs is 8. The molecule has 5 aliphatic rings. The van der Waals surface area contributed by atoms with Gasteiger partial charge in [-0.25, -0.2) is 0 Å². The van der Waals surface area contributed by atoms with Crippen LogP contribution in [0.25, 0.3) is 0 Å². The molecule has 6 atom stereocenters. The highest BCUT2D eigenvalue weighted by Gasteiger charge is 2.83. The van der Waals surface area contributed by atoms with E-state index in [4.69, 9.17) is 0 Å². The zero-order valence-electron chi connectivity index (χ0n) is 12.5. The van der Waals surface area contributed by atoms with E-state index in [1.807, 2.05) is 0 Å². The Balaban J connectivity index is 1.65. The van der Waals surface area contributed by atoms with Crippen LogP contribution in [0.5, 0.6) is 0 Å². The average molecular weight is 282 g/mol. The largest absolute Gasteiger partial charge is 0.0841 e. The molecule has 22 heavy (non-hydrogen) atoms. The second kappa shape index (κ2) is 2.97. The van der Waals surface area contributed by atoms with Crippen molar-refractivity contribution in [2.75, 3.05) is 0 Å². The van der Waals surface area contributed by atoms with Crippen LogP contribution >= 0.6 is 0 Å². The Hall–Kier alpha value is -1.82. The van der Waals surface area contributed by atoms with Crippen LogP contribution in [0.1, 0.15) is 46.9 Å². The summed E-state index contributed by atoms with van der Waals surface area (Å²) in [4.78, 5) is 0. The quantitative estimate of drug-likeness (QED) is 0.616. The molecule has 2 aromatic rings. The van der Waals surface area contributed by atoms with E-state index >= 15 is 0 Å². The van der Waals surface area contributed by atoms with Crippen molar-refractivity contribution in [2.24, 2.45) is 11.8 Å². The van der Waals surface area contributed by atoms with Gasteiger partial charge in [-0.15, -0.1) is 0 Å². The number of rotatable bonds is 0. The molecule has 0 heteroatoms. The predicted octanol–water partition coefficient (Wildman–Crippen LogP) is 4.67. The summed E-state index contributed by atoms with van der Waals surface area (Å²) in [6, 6.07) is 18.8. The highest BCUT2D eigenvalue weighted by molar-refractivity contribution is 5.72. The van der Waals surface area contributed by atoms with E-state index in [1.54, 1.807) is 22.3 Å². The summed E-state index contributed by atoms with van der Waals surface area (Å²) in [5.41, 5.74) is 7.66. The first-order chi connectivity index (χ1) is 10.9. The summed E-state index contributed by atoms with van der Waals surface area (Å²) in [5.74, 6) is 3.11. The van der Waals surface area contributed by atoms with Crippen molar-refractivity contribution in [3.05, 3.63) is 82.9 Å². The predicted molar refractivity (Wildman–Crippen MR) is 87.1 cm³/mol. The van der Waals surface area contributed by atoms with Crippen LogP contribution in [0.15, 0.2) is 60.7 Å². The SMILES string of the molecule is C1=C[C@H]2C[C@H]1[C@]13c4ccccc4[C@]21[C@H]1C[C@@H]3c2ccccc21. The minimum absolute atomic E-state index is 0.446. The van der Waals surface area contributed by atoms with Crippen molar-refractivity contribution < 1.29 is 0 Å². The molecule has 0 aliphatic heterocycles. The van der Waals surface area contributed by atoms with Gasteiger partial charge in [-0.3, -0.25) is 0 Å².